The van der Waals surface area contributed by atoms with Crippen molar-refractivity contribution in [2.75, 3.05) is 12.0 Å². The van der Waals surface area contributed by atoms with Crippen molar-refractivity contribution in [1.82, 2.24) is 4.98 Å². The molecule has 0 saturated heterocycles. The Morgan fingerprint density at radius 3 is 2.52 bits per heavy atom. The number of carbonyl (C=O) groups excluding carboxylic acids is 1. The highest BCUT2D eigenvalue weighted by atomic mass is 32.1. The molecule has 33 heavy (non-hydrogen) atoms. The van der Waals surface area contributed by atoms with E-state index in [1.165, 1.54) is 23.3 Å². The predicted octanol–water partition coefficient (Wildman–Crippen LogP) is 3.68. The number of thiazole rings is 1. The molecule has 5 N–H and O–H groups in total. The van der Waals surface area contributed by atoms with Crippen molar-refractivity contribution in [2.24, 2.45) is 16.5 Å². The number of aliphatic imine (C=N–C) groups is 1. The minimum atomic E-state index is -0.995. The lowest BCUT2D eigenvalue weighted by Gasteiger charge is -2.24. The van der Waals surface area contributed by atoms with Gasteiger partial charge in [-0.2, -0.15) is 4.99 Å². The van der Waals surface area contributed by atoms with Crippen molar-refractivity contribution in [3.63, 3.8) is 0 Å². The van der Waals surface area contributed by atoms with Gasteiger partial charge in [-0.3, -0.25) is 14.5 Å². The molecule has 1 heterocycles. The van der Waals surface area contributed by atoms with Crippen LogP contribution in [0.4, 0.5) is 15.8 Å². The normalized spacial score (nSPS) is 11.5. The zero-order chi connectivity index (χ0) is 24.0. The molecule has 0 bridgehead atoms. The molecule has 2 aromatic carbocycles. The molecule has 3 rings (SSSR count). The number of rotatable bonds is 9. The van der Waals surface area contributed by atoms with Crippen LogP contribution in [0.2, 0.25) is 0 Å². The van der Waals surface area contributed by atoms with E-state index in [0.717, 1.165) is 0 Å². The second kappa shape index (κ2) is 10.6. The Balaban J connectivity index is 2.01. The van der Waals surface area contributed by atoms with Crippen LogP contribution < -0.4 is 21.1 Å². The van der Waals surface area contributed by atoms with Gasteiger partial charge in [-0.1, -0.05) is 41.7 Å². The first-order chi connectivity index (χ1) is 15.8. The van der Waals surface area contributed by atoms with E-state index in [1.807, 2.05) is 18.2 Å². The van der Waals surface area contributed by atoms with Gasteiger partial charge in [-0.05, 0) is 36.8 Å². The molecule has 172 valence electrons. The number of guanidine groups is 1. The number of hydrogen-bond donors (Lipinski definition) is 3. The molecule has 0 radical (unpaired) electrons. The van der Waals surface area contributed by atoms with Crippen LogP contribution in [0.5, 0.6) is 5.75 Å². The number of hydrogen-bond acceptors (Lipinski definition) is 6. The van der Waals surface area contributed by atoms with E-state index in [4.69, 9.17) is 16.2 Å². The summed E-state index contributed by atoms with van der Waals surface area (Å²) in [6.07, 6.45) is -0.244. The molecule has 0 aliphatic rings. The number of carbonyl (C=O) groups is 2. The van der Waals surface area contributed by atoms with E-state index >= 15 is 0 Å². The number of nitrogens with two attached hydrogens (primary N) is 2. The van der Waals surface area contributed by atoms with Crippen LogP contribution in [0.15, 0.2) is 59.6 Å². The SMILES string of the molecule is COc1cccc(C(CC(=O)O)CC(=O)N(c2ccccc2)c2sc(N=C(N)N)nc2C)c1. The molecule has 1 amide bonds. The Kier molecular flexibility index (Phi) is 7.62. The van der Waals surface area contributed by atoms with Gasteiger partial charge in [0.2, 0.25) is 11.0 Å². The number of ether oxygens (including phenoxy) is 1. The van der Waals surface area contributed by atoms with Crippen LogP contribution in [-0.4, -0.2) is 35.0 Å². The van der Waals surface area contributed by atoms with Gasteiger partial charge in [-0.25, -0.2) is 4.98 Å². The standard InChI is InChI=1S/C23H25N5O4S/c1-14-21(33-23(26-14)27-22(24)25)28(17-8-4-3-5-9-17)19(29)12-16(13-20(30)31)15-7-6-10-18(11-15)32-2/h3-11,16H,12-13H2,1-2H3,(H,30,31)(H4,24,25,26,27). The van der Waals surface area contributed by atoms with E-state index in [1.54, 1.807) is 43.3 Å². The summed E-state index contributed by atoms with van der Waals surface area (Å²) in [6.45, 7) is 1.76. The third-order valence-electron chi connectivity index (χ3n) is 4.86. The maximum atomic E-state index is 13.6. The summed E-state index contributed by atoms with van der Waals surface area (Å²) in [7, 11) is 1.54. The molecule has 3 aromatic rings. The number of carboxylic acid groups (broad SMARTS) is 1. The van der Waals surface area contributed by atoms with Crippen molar-refractivity contribution < 1.29 is 19.4 Å². The zero-order valence-corrected chi connectivity index (χ0v) is 19.1. The fourth-order valence-corrected chi connectivity index (χ4v) is 4.41. The highest BCUT2D eigenvalue weighted by Gasteiger charge is 2.28. The van der Waals surface area contributed by atoms with Gasteiger partial charge < -0.3 is 21.3 Å². The lowest BCUT2D eigenvalue weighted by molar-refractivity contribution is -0.137. The second-order valence-electron chi connectivity index (χ2n) is 7.26. The third-order valence-corrected chi connectivity index (χ3v) is 5.90. The summed E-state index contributed by atoms with van der Waals surface area (Å²) in [6, 6.07) is 16.2. The number of amides is 1. The summed E-state index contributed by atoms with van der Waals surface area (Å²) < 4.78 is 5.27. The summed E-state index contributed by atoms with van der Waals surface area (Å²) >= 11 is 1.17. The lowest BCUT2D eigenvalue weighted by atomic mass is 9.91. The van der Waals surface area contributed by atoms with Gasteiger partial charge in [0.25, 0.3) is 0 Å². The molecule has 0 saturated carbocycles. The topological polar surface area (TPSA) is 144 Å². The quantitative estimate of drug-likeness (QED) is 0.321. The van der Waals surface area contributed by atoms with Crippen LogP contribution in [0.25, 0.3) is 0 Å². The van der Waals surface area contributed by atoms with Crippen molar-refractivity contribution in [1.29, 1.82) is 0 Å². The van der Waals surface area contributed by atoms with E-state index in [0.29, 0.717) is 32.8 Å². The van der Waals surface area contributed by atoms with Gasteiger partial charge >= 0.3 is 5.97 Å². The first-order valence-electron chi connectivity index (χ1n) is 10.1. The maximum absolute atomic E-state index is 13.6. The molecule has 1 unspecified atom stereocenters. The number of benzene rings is 2. The first-order valence-corrected chi connectivity index (χ1v) is 10.9. The number of anilines is 2. The van der Waals surface area contributed by atoms with Crippen molar-refractivity contribution in [3.05, 3.63) is 65.9 Å². The summed E-state index contributed by atoms with van der Waals surface area (Å²) in [4.78, 5) is 35.1. The smallest absolute Gasteiger partial charge is 0.303 e. The fourth-order valence-electron chi connectivity index (χ4n) is 3.41. The molecule has 0 fully saturated rings. The van der Waals surface area contributed by atoms with E-state index in [9.17, 15) is 14.7 Å². The van der Waals surface area contributed by atoms with Crippen LogP contribution in [-0.2, 0) is 9.59 Å². The zero-order valence-electron chi connectivity index (χ0n) is 18.3. The van der Waals surface area contributed by atoms with Crippen molar-refractivity contribution in [2.45, 2.75) is 25.7 Å². The van der Waals surface area contributed by atoms with E-state index < -0.39 is 11.9 Å². The third kappa shape index (κ3) is 6.07. The summed E-state index contributed by atoms with van der Waals surface area (Å²) in [5, 5.41) is 10.4. The van der Waals surface area contributed by atoms with Crippen molar-refractivity contribution >= 4 is 45.0 Å². The van der Waals surface area contributed by atoms with Gasteiger partial charge in [0, 0.05) is 18.0 Å². The Bertz CT molecular complexity index is 1160. The highest BCUT2D eigenvalue weighted by Crippen LogP contribution is 2.39. The summed E-state index contributed by atoms with van der Waals surface area (Å²) in [5.74, 6) is -1.37. The molecular weight excluding hydrogens is 442 g/mol. The average Bonchev–Trinajstić information content (AvgIpc) is 3.12. The number of methoxy groups -OCH3 is 1. The number of carboxylic acids is 1. The van der Waals surface area contributed by atoms with Crippen LogP contribution >= 0.6 is 11.3 Å². The molecule has 10 heteroatoms. The second-order valence-corrected chi connectivity index (χ2v) is 8.22. The largest absolute Gasteiger partial charge is 0.497 e. The Morgan fingerprint density at radius 2 is 1.88 bits per heavy atom. The highest BCUT2D eigenvalue weighted by molar-refractivity contribution is 7.19. The Hall–Kier alpha value is -3.92. The van der Waals surface area contributed by atoms with Crippen LogP contribution in [0.3, 0.4) is 0 Å². The molecule has 1 aromatic heterocycles. The molecule has 0 spiro atoms. The minimum Gasteiger partial charge on any atom is -0.497 e. The van der Waals surface area contributed by atoms with Gasteiger partial charge in [0.15, 0.2) is 5.96 Å². The number of nitrogens with zero attached hydrogens (tertiary/aromatic N) is 3. The van der Waals surface area contributed by atoms with Gasteiger partial charge in [0.05, 0.1) is 19.2 Å². The van der Waals surface area contributed by atoms with Crippen LogP contribution in [0, 0.1) is 6.92 Å². The average molecular weight is 468 g/mol. The van der Waals surface area contributed by atoms with Gasteiger partial charge in [-0.15, -0.1) is 0 Å². The molecule has 0 aliphatic carbocycles. The van der Waals surface area contributed by atoms with E-state index in [2.05, 4.69) is 9.98 Å². The summed E-state index contributed by atoms with van der Waals surface area (Å²) in [5.41, 5.74) is 12.9. The molecule has 1 atom stereocenters. The first kappa shape index (κ1) is 23.7. The molecule has 0 aliphatic heterocycles. The molecular formula is C23H25N5O4S. The number of aliphatic carboxylic acids is 1. The minimum absolute atomic E-state index is 0.0384. The Morgan fingerprint density at radius 1 is 1.15 bits per heavy atom. The monoisotopic (exact) mass is 467 g/mol. The van der Waals surface area contributed by atoms with E-state index in [-0.39, 0.29) is 24.7 Å². The number of aryl methyl sites for hydroxylation is 1. The molecule has 9 nitrogen and oxygen atoms in total. The van der Waals surface area contributed by atoms with Gasteiger partial charge in [0.1, 0.15) is 10.8 Å². The maximum Gasteiger partial charge on any atom is 0.303 e. The number of aromatic nitrogens is 1. The lowest BCUT2D eigenvalue weighted by Crippen LogP contribution is -2.28. The van der Waals surface area contributed by atoms with Crippen molar-refractivity contribution in [3.8, 4) is 5.75 Å². The van der Waals surface area contributed by atoms with Crippen LogP contribution in [0.1, 0.15) is 30.0 Å². The predicted molar refractivity (Wildman–Crippen MR) is 129 cm³/mol. The Labute approximate surface area is 195 Å². The number of para-hydroxylation sites is 1. The fraction of sp³-hybridized carbons (Fsp3) is 0.217.